The number of benzene rings is 1. The van der Waals surface area contributed by atoms with Gasteiger partial charge in [0.05, 0.1) is 21.7 Å². The Morgan fingerprint density at radius 2 is 1.92 bits per heavy atom. The fourth-order valence-corrected chi connectivity index (χ4v) is 4.72. The first-order valence-electron chi connectivity index (χ1n) is 7.91. The van der Waals surface area contributed by atoms with Crippen LogP contribution in [0.4, 0.5) is 0 Å². The summed E-state index contributed by atoms with van der Waals surface area (Å²) >= 11 is 6.06. The molecule has 0 aliphatic carbocycles. The van der Waals surface area contributed by atoms with E-state index in [-0.39, 0.29) is 28.1 Å². The highest BCUT2D eigenvalue weighted by atomic mass is 35.5. The van der Waals surface area contributed by atoms with Crippen LogP contribution in [0.2, 0.25) is 5.02 Å². The molecule has 0 aromatic heterocycles. The van der Waals surface area contributed by atoms with E-state index in [4.69, 9.17) is 11.6 Å². The number of hydrogen-bond donors (Lipinski definition) is 1. The Kier molecular flexibility index (Phi) is 6.34. The topological polar surface area (TPSA) is 104 Å². The number of rotatable bonds is 5. The first-order valence-corrected chi connectivity index (χ1v) is 11.6. The van der Waals surface area contributed by atoms with Crippen molar-refractivity contribution < 1.29 is 21.6 Å². The molecule has 146 valence electrons. The lowest BCUT2D eigenvalue weighted by molar-refractivity contribution is 0.0921. The van der Waals surface area contributed by atoms with Crippen molar-refractivity contribution >= 4 is 37.6 Å². The molecule has 0 saturated carbocycles. The molecule has 1 saturated heterocycles. The van der Waals surface area contributed by atoms with Gasteiger partial charge in [0, 0.05) is 33.2 Å². The molecular formula is C15H22ClN3O5S2. The number of amides is 1. The van der Waals surface area contributed by atoms with E-state index in [1.165, 1.54) is 36.6 Å². The van der Waals surface area contributed by atoms with Crippen LogP contribution in [-0.2, 0) is 20.0 Å². The Morgan fingerprint density at radius 1 is 1.27 bits per heavy atom. The van der Waals surface area contributed by atoms with Gasteiger partial charge in [0.25, 0.3) is 5.91 Å². The van der Waals surface area contributed by atoms with Crippen LogP contribution < -0.4 is 5.32 Å². The summed E-state index contributed by atoms with van der Waals surface area (Å²) in [5.74, 6) is -0.536. The molecule has 1 atom stereocenters. The van der Waals surface area contributed by atoms with Gasteiger partial charge in [0.1, 0.15) is 0 Å². The van der Waals surface area contributed by atoms with Crippen molar-refractivity contribution in [3.8, 4) is 0 Å². The molecule has 1 aliphatic rings. The van der Waals surface area contributed by atoms with Crippen LogP contribution >= 0.6 is 11.6 Å². The van der Waals surface area contributed by atoms with Gasteiger partial charge < -0.3 is 5.32 Å². The molecule has 0 bridgehead atoms. The maximum Gasteiger partial charge on any atom is 0.253 e. The normalized spacial score (nSPS) is 19.5. The number of piperidine rings is 1. The van der Waals surface area contributed by atoms with Crippen molar-refractivity contribution in [2.24, 2.45) is 0 Å². The van der Waals surface area contributed by atoms with Crippen LogP contribution in [0.5, 0.6) is 0 Å². The van der Waals surface area contributed by atoms with Crippen molar-refractivity contribution in [3.05, 3.63) is 28.8 Å². The molecule has 1 N–H and O–H groups in total. The second-order valence-electron chi connectivity index (χ2n) is 6.36. The summed E-state index contributed by atoms with van der Waals surface area (Å²) in [6.45, 7) is 0.598. The molecule has 0 spiro atoms. The minimum atomic E-state index is -3.70. The highest BCUT2D eigenvalue weighted by molar-refractivity contribution is 7.89. The third-order valence-electron chi connectivity index (χ3n) is 4.15. The fraction of sp³-hybridized carbons (Fsp3) is 0.533. The van der Waals surface area contributed by atoms with E-state index in [2.05, 4.69) is 5.32 Å². The van der Waals surface area contributed by atoms with Crippen molar-refractivity contribution in [1.29, 1.82) is 0 Å². The predicted molar refractivity (Wildman–Crippen MR) is 99.2 cm³/mol. The molecule has 1 aromatic rings. The van der Waals surface area contributed by atoms with E-state index in [0.29, 0.717) is 19.4 Å². The van der Waals surface area contributed by atoms with E-state index in [9.17, 15) is 21.6 Å². The predicted octanol–water partition coefficient (Wildman–Crippen LogP) is 0.744. The molecule has 26 heavy (non-hydrogen) atoms. The molecule has 1 heterocycles. The number of nitrogens with zero attached hydrogens (tertiary/aromatic N) is 2. The van der Waals surface area contributed by atoms with E-state index in [1.807, 2.05) is 0 Å². The molecule has 1 unspecified atom stereocenters. The average molecular weight is 424 g/mol. The summed E-state index contributed by atoms with van der Waals surface area (Å²) in [5, 5.41) is 2.87. The second-order valence-corrected chi connectivity index (χ2v) is 10.9. The average Bonchev–Trinajstić information content (AvgIpc) is 2.54. The fourth-order valence-electron chi connectivity index (χ4n) is 2.67. The van der Waals surface area contributed by atoms with E-state index in [0.717, 1.165) is 10.6 Å². The van der Waals surface area contributed by atoms with Crippen molar-refractivity contribution in [2.45, 2.75) is 23.8 Å². The molecule has 1 fully saturated rings. The van der Waals surface area contributed by atoms with Gasteiger partial charge >= 0.3 is 0 Å². The van der Waals surface area contributed by atoms with Gasteiger partial charge in [-0.15, -0.1) is 0 Å². The van der Waals surface area contributed by atoms with Gasteiger partial charge in [-0.25, -0.2) is 25.4 Å². The van der Waals surface area contributed by atoms with Crippen LogP contribution in [-0.4, -0.2) is 70.8 Å². The third-order valence-corrected chi connectivity index (χ3v) is 7.56. The van der Waals surface area contributed by atoms with Gasteiger partial charge in [-0.3, -0.25) is 4.79 Å². The first-order chi connectivity index (χ1) is 11.9. The zero-order valence-electron chi connectivity index (χ0n) is 14.8. The van der Waals surface area contributed by atoms with Gasteiger partial charge in [0.15, 0.2) is 0 Å². The third kappa shape index (κ3) is 4.74. The number of halogens is 1. The number of sulfonamides is 2. The van der Waals surface area contributed by atoms with Gasteiger partial charge in [-0.05, 0) is 31.0 Å². The highest BCUT2D eigenvalue weighted by Crippen LogP contribution is 2.23. The highest BCUT2D eigenvalue weighted by Gasteiger charge is 2.28. The maximum atomic E-state index is 12.6. The van der Waals surface area contributed by atoms with Crippen molar-refractivity contribution in [2.75, 3.05) is 33.4 Å². The second kappa shape index (κ2) is 7.81. The summed E-state index contributed by atoms with van der Waals surface area (Å²) in [6.07, 6.45) is 2.38. The Hall–Kier alpha value is -1.20. The molecular weight excluding hydrogens is 402 g/mol. The standard InChI is InChI=1S/C15H22ClN3O5S2/c1-18(2)26(23,24)12-6-7-14(16)13(9-12)15(20)17-11-5-4-8-19(10-11)25(3,21)22/h6-7,9,11H,4-5,8,10H2,1-3H3,(H,17,20). The number of carbonyl (C=O) groups is 1. The quantitative estimate of drug-likeness (QED) is 0.752. The van der Waals surface area contributed by atoms with E-state index >= 15 is 0 Å². The van der Waals surface area contributed by atoms with Crippen molar-refractivity contribution in [3.63, 3.8) is 0 Å². The summed E-state index contributed by atoms with van der Waals surface area (Å²) < 4.78 is 50.2. The van der Waals surface area contributed by atoms with Gasteiger partial charge in [0.2, 0.25) is 20.0 Å². The number of hydrogen-bond acceptors (Lipinski definition) is 5. The monoisotopic (exact) mass is 423 g/mol. The van der Waals surface area contributed by atoms with Crippen LogP contribution in [0.3, 0.4) is 0 Å². The van der Waals surface area contributed by atoms with Crippen LogP contribution in [0.1, 0.15) is 23.2 Å². The molecule has 1 aromatic carbocycles. The molecule has 8 nitrogen and oxygen atoms in total. The summed E-state index contributed by atoms with van der Waals surface area (Å²) in [4.78, 5) is 12.5. The lowest BCUT2D eigenvalue weighted by Gasteiger charge is -2.31. The van der Waals surface area contributed by atoms with E-state index < -0.39 is 26.0 Å². The van der Waals surface area contributed by atoms with Crippen LogP contribution in [0, 0.1) is 0 Å². The lowest BCUT2D eigenvalue weighted by Crippen LogP contribution is -2.49. The Morgan fingerprint density at radius 3 is 2.50 bits per heavy atom. The number of carbonyl (C=O) groups excluding carboxylic acids is 1. The minimum Gasteiger partial charge on any atom is -0.348 e. The minimum absolute atomic E-state index is 0.0334. The Balaban J connectivity index is 2.22. The Bertz CT molecular complexity index is 900. The van der Waals surface area contributed by atoms with Crippen LogP contribution in [0.15, 0.2) is 23.1 Å². The number of nitrogens with one attached hydrogen (secondary N) is 1. The van der Waals surface area contributed by atoms with Crippen LogP contribution in [0.25, 0.3) is 0 Å². The summed E-state index contributed by atoms with van der Waals surface area (Å²) in [6, 6.07) is 3.55. The summed E-state index contributed by atoms with van der Waals surface area (Å²) in [7, 11) is -4.25. The summed E-state index contributed by atoms with van der Waals surface area (Å²) in [5.41, 5.74) is 0.0334. The van der Waals surface area contributed by atoms with Crippen molar-refractivity contribution in [1.82, 2.24) is 13.9 Å². The molecule has 0 radical (unpaired) electrons. The molecule has 1 amide bonds. The van der Waals surface area contributed by atoms with E-state index in [1.54, 1.807) is 0 Å². The molecule has 11 heteroatoms. The first kappa shape index (κ1) is 21.1. The maximum absolute atomic E-state index is 12.6. The van der Waals surface area contributed by atoms with Gasteiger partial charge in [-0.1, -0.05) is 11.6 Å². The Labute approximate surface area is 159 Å². The molecule has 1 aliphatic heterocycles. The zero-order chi connectivity index (χ0) is 19.7. The lowest BCUT2D eigenvalue weighted by atomic mass is 10.1. The SMILES string of the molecule is CN(C)S(=O)(=O)c1ccc(Cl)c(C(=O)NC2CCCN(S(C)(=O)=O)C2)c1. The smallest absolute Gasteiger partial charge is 0.253 e. The zero-order valence-corrected chi connectivity index (χ0v) is 17.2. The van der Waals surface area contributed by atoms with Gasteiger partial charge in [-0.2, -0.15) is 0 Å². The largest absolute Gasteiger partial charge is 0.348 e. The molecule has 2 rings (SSSR count).